The number of rotatable bonds is 3. The van der Waals surface area contributed by atoms with E-state index in [0.717, 1.165) is 6.08 Å². The smallest absolute Gasteiger partial charge is 0.178 e. The van der Waals surface area contributed by atoms with Crippen LogP contribution in [0.3, 0.4) is 0 Å². The molecule has 2 rings (SSSR count). The van der Waals surface area contributed by atoms with Crippen LogP contribution in [0.4, 0.5) is 8.78 Å². The summed E-state index contributed by atoms with van der Waals surface area (Å²) < 4.78 is 32.6. The van der Waals surface area contributed by atoms with Crippen LogP contribution in [0.2, 0.25) is 0 Å². The Balaban J connectivity index is 0.000000612. The Kier molecular flexibility index (Phi) is 7.18. The summed E-state index contributed by atoms with van der Waals surface area (Å²) in [5, 5.41) is 4.66. The van der Waals surface area contributed by atoms with Gasteiger partial charge in [-0.25, -0.2) is 13.2 Å². The topological polar surface area (TPSA) is 44.1 Å². The molecule has 0 aliphatic carbocycles. The maximum absolute atomic E-state index is 14.1. The molecule has 0 N–H and O–H groups in total. The van der Waals surface area contributed by atoms with E-state index in [0.29, 0.717) is 10.9 Å². The van der Waals surface area contributed by atoms with E-state index in [4.69, 9.17) is 0 Å². The predicted octanol–water partition coefficient (Wildman–Crippen LogP) is 3.74. The van der Waals surface area contributed by atoms with E-state index < -0.39 is 11.6 Å². The highest BCUT2D eigenvalue weighted by atomic mass is 127. The SMILES string of the molecule is COC.O=C/C(F)=C/c1ccc2cnn(PI)c2c1F. The Bertz CT molecular complexity index is 631. The van der Waals surface area contributed by atoms with Gasteiger partial charge in [-0.2, -0.15) is 5.10 Å². The van der Waals surface area contributed by atoms with Crippen molar-refractivity contribution in [3.63, 3.8) is 0 Å². The number of hydrogen-bond donors (Lipinski definition) is 0. The number of ether oxygens (including phenoxy) is 1. The molecular weight excluding hydrogens is 400 g/mol. The summed E-state index contributed by atoms with van der Waals surface area (Å²) in [6, 6.07) is 3.06. The predicted molar refractivity (Wildman–Crippen MR) is 85.5 cm³/mol. The van der Waals surface area contributed by atoms with E-state index in [1.807, 2.05) is 0 Å². The fourth-order valence-electron chi connectivity index (χ4n) is 1.45. The maximum atomic E-state index is 14.1. The van der Waals surface area contributed by atoms with Crippen LogP contribution >= 0.6 is 28.4 Å². The van der Waals surface area contributed by atoms with Crippen LogP contribution in [0.25, 0.3) is 17.0 Å². The molecule has 0 fully saturated rings. The highest BCUT2D eigenvalue weighted by Crippen LogP contribution is 2.31. The molecule has 8 heteroatoms. The van der Waals surface area contributed by atoms with Gasteiger partial charge >= 0.3 is 0 Å². The van der Waals surface area contributed by atoms with Gasteiger partial charge in [0.1, 0.15) is 5.52 Å². The van der Waals surface area contributed by atoms with Gasteiger partial charge in [0.05, 0.1) is 12.6 Å². The van der Waals surface area contributed by atoms with Crippen molar-refractivity contribution in [3.8, 4) is 0 Å². The first kappa shape index (κ1) is 17.1. The Labute approximate surface area is 129 Å². The van der Waals surface area contributed by atoms with E-state index in [2.05, 4.69) is 31.9 Å². The Morgan fingerprint density at radius 2 is 2.15 bits per heavy atom. The van der Waals surface area contributed by atoms with Crippen LogP contribution in [0, 0.1) is 5.82 Å². The molecule has 1 aromatic heterocycles. The van der Waals surface area contributed by atoms with Crippen LogP contribution < -0.4 is 0 Å². The van der Waals surface area contributed by atoms with Gasteiger partial charge in [-0.05, 0) is 28.1 Å². The third-order valence-electron chi connectivity index (χ3n) is 2.19. The van der Waals surface area contributed by atoms with Gasteiger partial charge in [0.15, 0.2) is 17.9 Å². The zero-order chi connectivity index (χ0) is 15.1. The highest BCUT2D eigenvalue weighted by Gasteiger charge is 2.11. The van der Waals surface area contributed by atoms with Crippen LogP contribution in [0.5, 0.6) is 0 Å². The molecule has 0 bridgehead atoms. The normalized spacial score (nSPS) is 11.8. The van der Waals surface area contributed by atoms with Crippen LogP contribution in [0.1, 0.15) is 5.56 Å². The molecule has 0 spiro atoms. The van der Waals surface area contributed by atoms with Crippen molar-refractivity contribution in [2.75, 3.05) is 14.2 Å². The summed E-state index contributed by atoms with van der Waals surface area (Å²) in [5.41, 5.74) is 0.365. The quantitative estimate of drug-likeness (QED) is 0.334. The second-order valence-electron chi connectivity index (χ2n) is 3.60. The molecule has 0 aliphatic rings. The summed E-state index contributed by atoms with van der Waals surface area (Å²) in [5.74, 6) is -1.58. The molecule has 0 saturated carbocycles. The van der Waals surface area contributed by atoms with E-state index in [1.165, 1.54) is 10.5 Å². The van der Waals surface area contributed by atoms with Crippen LogP contribution in [-0.4, -0.2) is 30.1 Å². The summed E-state index contributed by atoms with van der Waals surface area (Å²) in [6.07, 6.45) is 2.71. The molecule has 2 aromatic rings. The number of aromatic nitrogens is 2. The minimum absolute atomic E-state index is 0.0403. The van der Waals surface area contributed by atoms with E-state index in [9.17, 15) is 13.6 Å². The number of halogens is 3. The van der Waals surface area contributed by atoms with Gasteiger partial charge in [0, 0.05) is 25.2 Å². The first-order valence-corrected chi connectivity index (χ1v) is 9.40. The lowest BCUT2D eigenvalue weighted by Crippen LogP contribution is -1.90. The van der Waals surface area contributed by atoms with Crippen molar-refractivity contribution in [2.45, 2.75) is 0 Å². The monoisotopic (exact) mass is 412 g/mol. The number of carbonyl (C=O) groups is 1. The zero-order valence-electron chi connectivity index (χ0n) is 10.7. The van der Waals surface area contributed by atoms with Crippen molar-refractivity contribution < 1.29 is 18.3 Å². The Morgan fingerprint density at radius 1 is 1.50 bits per heavy atom. The summed E-state index contributed by atoms with van der Waals surface area (Å²) in [6.45, 7) is 0. The third-order valence-corrected chi connectivity index (χ3v) is 4.06. The van der Waals surface area contributed by atoms with Crippen molar-refractivity contribution in [3.05, 3.63) is 35.5 Å². The molecule has 1 unspecified atom stereocenters. The minimum Gasteiger partial charge on any atom is -0.388 e. The molecule has 0 aliphatic heterocycles. The van der Waals surface area contributed by atoms with Crippen molar-refractivity contribution >= 4 is 51.7 Å². The number of hydrogen-bond acceptors (Lipinski definition) is 3. The molecule has 1 heterocycles. The second kappa shape index (κ2) is 8.39. The van der Waals surface area contributed by atoms with Crippen molar-refractivity contribution in [1.82, 2.24) is 9.55 Å². The number of carbonyl (C=O) groups excluding carboxylic acids is 1. The zero-order valence-corrected chi connectivity index (χ0v) is 13.9. The number of methoxy groups -OCH3 is 1. The molecule has 20 heavy (non-hydrogen) atoms. The largest absolute Gasteiger partial charge is 0.388 e. The van der Waals surface area contributed by atoms with Gasteiger partial charge in [0.25, 0.3) is 0 Å². The maximum Gasteiger partial charge on any atom is 0.178 e. The van der Waals surface area contributed by atoms with Crippen molar-refractivity contribution in [1.29, 1.82) is 0 Å². The Hall–Kier alpha value is -0.920. The average Bonchev–Trinajstić information content (AvgIpc) is 2.86. The number of fused-ring (bicyclic) bond motifs is 1. The van der Waals surface area contributed by atoms with Gasteiger partial charge < -0.3 is 4.74 Å². The standard InChI is InChI=1S/C10H6F2IN2OP.C2H6O/c11-8(5-16)3-6-1-2-7-4-14-15(17-13)10(7)9(6)12;1-3-2/h1-5,17H;1-2H3/b8-3-;. The van der Waals surface area contributed by atoms with Gasteiger partial charge in [-0.1, -0.05) is 12.1 Å². The molecular formula is C12H12F2IN2O2P. The molecule has 1 atom stereocenters. The fraction of sp³-hybridized carbons (Fsp3) is 0.167. The molecule has 4 nitrogen and oxygen atoms in total. The Morgan fingerprint density at radius 3 is 2.70 bits per heavy atom. The number of aldehydes is 1. The van der Waals surface area contributed by atoms with Gasteiger partial charge in [0.2, 0.25) is 0 Å². The number of allylic oxidation sites excluding steroid dienone is 1. The first-order chi connectivity index (χ1) is 9.58. The summed E-state index contributed by atoms with van der Waals surface area (Å²) in [7, 11) is 3.25. The summed E-state index contributed by atoms with van der Waals surface area (Å²) in [4.78, 5) is 10.2. The van der Waals surface area contributed by atoms with E-state index in [1.54, 1.807) is 26.5 Å². The van der Waals surface area contributed by atoms with E-state index in [-0.39, 0.29) is 18.2 Å². The van der Waals surface area contributed by atoms with Gasteiger partial charge in [-0.15, -0.1) is 0 Å². The lowest BCUT2D eigenvalue weighted by atomic mass is 10.1. The molecule has 0 amide bonds. The van der Waals surface area contributed by atoms with Crippen molar-refractivity contribution in [2.24, 2.45) is 0 Å². The lowest BCUT2D eigenvalue weighted by molar-refractivity contribution is -0.106. The van der Waals surface area contributed by atoms with E-state index >= 15 is 0 Å². The molecule has 1 aromatic carbocycles. The van der Waals surface area contributed by atoms with Crippen LogP contribution in [-0.2, 0) is 9.53 Å². The fourth-order valence-corrected chi connectivity index (χ4v) is 2.96. The lowest BCUT2D eigenvalue weighted by Gasteiger charge is -2.02. The van der Waals surface area contributed by atoms with Gasteiger partial charge in [-0.3, -0.25) is 4.79 Å². The highest BCUT2D eigenvalue weighted by molar-refractivity contribution is 14.2. The third kappa shape index (κ3) is 4.04. The number of nitrogens with zero attached hydrogens (tertiary/aromatic N) is 2. The molecule has 0 saturated heterocycles. The molecule has 108 valence electrons. The minimum atomic E-state index is -1.01. The summed E-state index contributed by atoms with van der Waals surface area (Å²) >= 11 is 2.08. The number of benzene rings is 1. The first-order valence-electron chi connectivity index (χ1n) is 5.34. The second-order valence-corrected chi connectivity index (χ2v) is 5.64. The average molecular weight is 412 g/mol. The van der Waals surface area contributed by atoms with Crippen LogP contribution in [0.15, 0.2) is 24.2 Å². The molecule has 0 radical (unpaired) electrons.